The number of benzene rings is 2. The predicted octanol–water partition coefficient (Wildman–Crippen LogP) is 5.97. The number of para-hydroxylation sites is 1. The second-order valence-electron chi connectivity index (χ2n) is 8.93. The number of carbonyl (C=O) groups excluding carboxylic acids is 1. The number of nitrogens with zero attached hydrogens (tertiary/aromatic N) is 4. The number of aromatic nitrogens is 4. The number of pyridine rings is 2. The highest BCUT2D eigenvalue weighted by molar-refractivity contribution is 6.08. The van der Waals surface area contributed by atoms with E-state index < -0.39 is 23.8 Å². The second-order valence-corrected chi connectivity index (χ2v) is 8.93. The predicted molar refractivity (Wildman–Crippen MR) is 131 cm³/mol. The number of hydrogen-bond donors (Lipinski definition) is 1. The summed E-state index contributed by atoms with van der Waals surface area (Å²) in [6.07, 6.45) is -3.64. The van der Waals surface area contributed by atoms with E-state index in [0.29, 0.717) is 28.2 Å². The Morgan fingerprint density at radius 2 is 1.89 bits per heavy atom. The smallest absolute Gasteiger partial charge is 0.417 e. The number of aryl methyl sites for hydroxylation is 2. The number of halogens is 3. The van der Waals surface area contributed by atoms with Gasteiger partial charge in [-0.1, -0.05) is 30.3 Å². The number of ether oxygens (including phenoxy) is 1. The molecule has 0 saturated heterocycles. The Morgan fingerprint density at radius 3 is 2.65 bits per heavy atom. The molecule has 0 bridgehead atoms. The zero-order chi connectivity index (χ0) is 25.9. The van der Waals surface area contributed by atoms with E-state index >= 15 is 0 Å². The molecule has 0 saturated carbocycles. The monoisotopic (exact) mass is 503 g/mol. The molecule has 3 aromatic heterocycles. The molecule has 5 aromatic rings. The van der Waals surface area contributed by atoms with Crippen LogP contribution >= 0.6 is 0 Å². The van der Waals surface area contributed by atoms with Crippen molar-refractivity contribution in [1.29, 1.82) is 0 Å². The minimum atomic E-state index is -4.45. The topological polar surface area (TPSA) is 81.9 Å². The van der Waals surface area contributed by atoms with Crippen molar-refractivity contribution in [3.8, 4) is 17.0 Å². The number of alkyl halides is 3. The van der Waals surface area contributed by atoms with Crippen molar-refractivity contribution in [2.24, 2.45) is 0 Å². The molecular formula is C27H20F3N5O2. The van der Waals surface area contributed by atoms with Gasteiger partial charge in [0.2, 0.25) is 0 Å². The molecule has 1 atom stereocenters. The third kappa shape index (κ3) is 3.85. The quantitative estimate of drug-likeness (QED) is 0.321. The average molecular weight is 503 g/mol. The maximum absolute atomic E-state index is 13.4. The van der Waals surface area contributed by atoms with Crippen LogP contribution in [0.25, 0.3) is 33.1 Å². The first-order chi connectivity index (χ1) is 17.7. The number of nitrogens with one attached hydrogen (secondary N) is 1. The molecule has 4 heterocycles. The highest BCUT2D eigenvalue weighted by atomic mass is 19.4. The van der Waals surface area contributed by atoms with Crippen LogP contribution in [0.15, 0.2) is 60.8 Å². The largest absolute Gasteiger partial charge is 0.491 e. The summed E-state index contributed by atoms with van der Waals surface area (Å²) in [6, 6.07) is 14.4. The Hall–Kier alpha value is -4.47. The van der Waals surface area contributed by atoms with Crippen molar-refractivity contribution in [1.82, 2.24) is 25.1 Å². The maximum Gasteiger partial charge on any atom is 0.417 e. The van der Waals surface area contributed by atoms with E-state index in [1.54, 1.807) is 18.2 Å². The summed E-state index contributed by atoms with van der Waals surface area (Å²) >= 11 is 0. The van der Waals surface area contributed by atoms with Gasteiger partial charge < -0.3 is 10.1 Å². The van der Waals surface area contributed by atoms with Crippen molar-refractivity contribution in [2.45, 2.75) is 26.1 Å². The van der Waals surface area contributed by atoms with Gasteiger partial charge in [-0.05, 0) is 38.1 Å². The maximum atomic E-state index is 13.4. The Balaban J connectivity index is 1.30. The summed E-state index contributed by atoms with van der Waals surface area (Å²) in [4.78, 5) is 22.0. The molecule has 0 spiro atoms. The lowest BCUT2D eigenvalue weighted by atomic mass is 10.0. The molecule has 10 heteroatoms. The van der Waals surface area contributed by atoms with E-state index in [1.807, 2.05) is 38.1 Å². The minimum absolute atomic E-state index is 0.213. The molecule has 0 fully saturated rings. The van der Waals surface area contributed by atoms with Gasteiger partial charge in [-0.3, -0.25) is 9.97 Å². The fourth-order valence-corrected chi connectivity index (χ4v) is 4.80. The van der Waals surface area contributed by atoms with E-state index in [-0.39, 0.29) is 6.61 Å². The highest BCUT2D eigenvalue weighted by Gasteiger charge is 2.31. The van der Waals surface area contributed by atoms with Crippen LogP contribution in [0.2, 0.25) is 0 Å². The summed E-state index contributed by atoms with van der Waals surface area (Å²) in [5.41, 5.74) is 3.93. The van der Waals surface area contributed by atoms with Crippen LogP contribution < -0.4 is 10.1 Å². The van der Waals surface area contributed by atoms with Crippen molar-refractivity contribution in [3.05, 3.63) is 83.3 Å². The summed E-state index contributed by atoms with van der Waals surface area (Å²) in [6.45, 7) is 3.96. The van der Waals surface area contributed by atoms with Gasteiger partial charge in [0.1, 0.15) is 12.4 Å². The zero-order valence-corrected chi connectivity index (χ0v) is 19.8. The molecule has 1 aliphatic heterocycles. The van der Waals surface area contributed by atoms with Gasteiger partial charge in [0.05, 0.1) is 34.0 Å². The van der Waals surface area contributed by atoms with Gasteiger partial charge in [0, 0.05) is 33.8 Å². The minimum Gasteiger partial charge on any atom is -0.491 e. The van der Waals surface area contributed by atoms with Crippen molar-refractivity contribution in [3.63, 3.8) is 0 Å². The van der Waals surface area contributed by atoms with Gasteiger partial charge in [-0.25, -0.2) is 4.79 Å². The SMILES string of the molecule is Cc1nc2ccccc2c2c1c(C)nn2C(=O)N[C@@H]1COc2cc(-c3ccc(C(F)(F)F)cn3)ccc21. The number of fused-ring (bicyclic) bond motifs is 4. The Labute approximate surface area is 208 Å². The molecule has 2 aromatic carbocycles. The molecule has 186 valence electrons. The first-order valence-electron chi connectivity index (χ1n) is 11.6. The van der Waals surface area contributed by atoms with Gasteiger partial charge in [0.15, 0.2) is 0 Å². The Morgan fingerprint density at radius 1 is 1.08 bits per heavy atom. The van der Waals surface area contributed by atoms with Gasteiger partial charge in [-0.2, -0.15) is 23.0 Å². The molecule has 7 nitrogen and oxygen atoms in total. The molecule has 1 N–H and O–H groups in total. The van der Waals surface area contributed by atoms with Gasteiger partial charge >= 0.3 is 12.2 Å². The van der Waals surface area contributed by atoms with E-state index in [2.05, 4.69) is 20.4 Å². The summed E-state index contributed by atoms with van der Waals surface area (Å²) in [5.74, 6) is 0.538. The lowest BCUT2D eigenvalue weighted by Gasteiger charge is -2.13. The third-order valence-electron chi connectivity index (χ3n) is 6.54. The van der Waals surface area contributed by atoms with Crippen molar-refractivity contribution < 1.29 is 22.7 Å². The molecule has 1 aliphatic rings. The van der Waals surface area contributed by atoms with Crippen LogP contribution in [0, 0.1) is 13.8 Å². The van der Waals surface area contributed by atoms with Crippen LogP contribution in [0.4, 0.5) is 18.0 Å². The molecule has 0 unspecified atom stereocenters. The van der Waals surface area contributed by atoms with E-state index in [0.717, 1.165) is 39.8 Å². The lowest BCUT2D eigenvalue weighted by molar-refractivity contribution is -0.137. The van der Waals surface area contributed by atoms with Crippen LogP contribution in [0.5, 0.6) is 5.75 Å². The zero-order valence-electron chi connectivity index (χ0n) is 19.8. The lowest BCUT2D eigenvalue weighted by Crippen LogP contribution is -2.33. The number of rotatable bonds is 2. The Bertz CT molecular complexity index is 1690. The van der Waals surface area contributed by atoms with Crippen LogP contribution in [-0.4, -0.2) is 32.4 Å². The summed E-state index contributed by atoms with van der Waals surface area (Å²) < 4.78 is 45.7. The summed E-state index contributed by atoms with van der Waals surface area (Å²) in [7, 11) is 0. The van der Waals surface area contributed by atoms with E-state index in [9.17, 15) is 18.0 Å². The summed E-state index contributed by atoms with van der Waals surface area (Å²) in [5, 5.41) is 9.18. The molecule has 37 heavy (non-hydrogen) atoms. The van der Waals surface area contributed by atoms with Crippen LogP contribution in [-0.2, 0) is 6.18 Å². The fraction of sp³-hybridized carbons (Fsp3) is 0.185. The van der Waals surface area contributed by atoms with E-state index in [1.165, 1.54) is 10.7 Å². The second kappa shape index (κ2) is 8.29. The molecule has 0 radical (unpaired) electrons. The standard InChI is InChI=1S/C27H20F3N5O2/c1-14-24-15(2)34-35(25(24)19-5-3-4-6-21(19)32-14)26(36)33-22-13-37-23-11-16(7-9-18(22)23)20-10-8-17(12-31-20)27(28,29)30/h3-12,22H,13H2,1-2H3,(H,33,36)/t22-/m1/s1. The molecule has 1 amide bonds. The first kappa shape index (κ1) is 23.0. The molecule has 0 aliphatic carbocycles. The number of hydrogen-bond acceptors (Lipinski definition) is 5. The van der Waals surface area contributed by atoms with Crippen molar-refractivity contribution >= 4 is 27.8 Å². The average Bonchev–Trinajstić information content (AvgIpc) is 3.44. The fourth-order valence-electron chi connectivity index (χ4n) is 4.80. The van der Waals surface area contributed by atoms with Crippen LogP contribution in [0.1, 0.15) is 28.6 Å². The van der Waals surface area contributed by atoms with Gasteiger partial charge in [0.25, 0.3) is 0 Å². The van der Waals surface area contributed by atoms with E-state index in [4.69, 9.17) is 4.74 Å². The number of amides is 1. The molecule has 6 rings (SSSR count). The van der Waals surface area contributed by atoms with Crippen LogP contribution in [0.3, 0.4) is 0 Å². The number of carbonyl (C=O) groups is 1. The highest BCUT2D eigenvalue weighted by Crippen LogP contribution is 2.37. The van der Waals surface area contributed by atoms with Crippen molar-refractivity contribution in [2.75, 3.05) is 6.61 Å². The normalized spacial score (nSPS) is 15.1. The first-order valence-corrected chi connectivity index (χ1v) is 11.6. The van der Waals surface area contributed by atoms with Gasteiger partial charge in [-0.15, -0.1) is 0 Å². The molecular weight excluding hydrogens is 483 g/mol. The third-order valence-corrected chi connectivity index (χ3v) is 6.54. The Kier molecular flexibility index (Phi) is 5.15.